The lowest BCUT2D eigenvalue weighted by atomic mass is 10.1. The minimum atomic E-state index is -0.432. The molecule has 0 fully saturated rings. The quantitative estimate of drug-likeness (QED) is 0.514. The Morgan fingerprint density at radius 1 is 1.33 bits per heavy atom. The molecule has 2 aromatic rings. The lowest BCUT2D eigenvalue weighted by molar-refractivity contribution is -0.117. The van der Waals surface area contributed by atoms with E-state index < -0.39 is 5.91 Å². The number of hydrogen-bond acceptors (Lipinski definition) is 4. The van der Waals surface area contributed by atoms with Crippen LogP contribution in [0.5, 0.6) is 11.5 Å². The number of ether oxygens (including phenoxy) is 2. The molecular formula is C21H21BrN2O3. The molecule has 1 N–H and O–H groups in total. The molecule has 1 atom stereocenters. The molecule has 1 amide bonds. The molecular weight excluding hydrogens is 408 g/mol. The second-order valence-electron chi connectivity index (χ2n) is 5.74. The molecule has 0 unspecified atom stereocenters. The first kappa shape index (κ1) is 20.5. The number of benzene rings is 2. The van der Waals surface area contributed by atoms with Crippen LogP contribution < -0.4 is 14.8 Å². The first-order valence-corrected chi connectivity index (χ1v) is 9.27. The van der Waals surface area contributed by atoms with Crippen molar-refractivity contribution < 1.29 is 14.3 Å². The minimum absolute atomic E-state index is 0.0114. The number of nitriles is 1. The normalized spacial score (nSPS) is 12.0. The van der Waals surface area contributed by atoms with Gasteiger partial charge in [0.05, 0.1) is 24.2 Å². The highest BCUT2D eigenvalue weighted by Gasteiger charge is 2.15. The van der Waals surface area contributed by atoms with Gasteiger partial charge in [-0.3, -0.25) is 4.79 Å². The van der Waals surface area contributed by atoms with Crippen LogP contribution in [-0.2, 0) is 4.79 Å². The predicted molar refractivity (Wildman–Crippen MR) is 108 cm³/mol. The van der Waals surface area contributed by atoms with Crippen molar-refractivity contribution in [1.82, 2.24) is 5.32 Å². The van der Waals surface area contributed by atoms with Gasteiger partial charge in [0.2, 0.25) is 0 Å². The third-order valence-electron chi connectivity index (χ3n) is 3.86. The lowest BCUT2D eigenvalue weighted by Crippen LogP contribution is -2.27. The van der Waals surface area contributed by atoms with Crippen LogP contribution in [0, 0.1) is 11.3 Å². The first-order valence-electron chi connectivity index (χ1n) is 8.48. The molecule has 0 aromatic heterocycles. The smallest absolute Gasteiger partial charge is 0.262 e. The molecule has 2 aromatic carbocycles. The van der Waals surface area contributed by atoms with E-state index >= 15 is 0 Å². The highest BCUT2D eigenvalue weighted by Crippen LogP contribution is 2.37. The monoisotopic (exact) mass is 428 g/mol. The van der Waals surface area contributed by atoms with Gasteiger partial charge in [0.1, 0.15) is 11.6 Å². The summed E-state index contributed by atoms with van der Waals surface area (Å²) in [5.74, 6) is 0.671. The fourth-order valence-corrected chi connectivity index (χ4v) is 3.17. The summed E-state index contributed by atoms with van der Waals surface area (Å²) in [5.41, 5.74) is 1.64. The predicted octanol–water partition coefficient (Wildman–Crippen LogP) is 4.64. The van der Waals surface area contributed by atoms with Crippen LogP contribution in [0.2, 0.25) is 0 Å². The van der Waals surface area contributed by atoms with Crippen molar-refractivity contribution in [1.29, 1.82) is 5.26 Å². The van der Waals surface area contributed by atoms with Crippen LogP contribution in [0.25, 0.3) is 6.08 Å². The Morgan fingerprint density at radius 3 is 2.63 bits per heavy atom. The van der Waals surface area contributed by atoms with Crippen LogP contribution >= 0.6 is 15.9 Å². The summed E-state index contributed by atoms with van der Waals surface area (Å²) < 4.78 is 11.6. The summed E-state index contributed by atoms with van der Waals surface area (Å²) in [5, 5.41) is 12.3. The zero-order valence-corrected chi connectivity index (χ0v) is 17.0. The number of nitrogens with zero attached hydrogens (tertiary/aromatic N) is 1. The van der Waals surface area contributed by atoms with Crippen LogP contribution in [0.4, 0.5) is 0 Å². The van der Waals surface area contributed by atoms with Crippen molar-refractivity contribution in [3.8, 4) is 17.6 Å². The van der Waals surface area contributed by atoms with Crippen LogP contribution in [0.15, 0.2) is 52.5 Å². The van der Waals surface area contributed by atoms with Crippen LogP contribution in [-0.4, -0.2) is 19.6 Å². The maximum Gasteiger partial charge on any atom is 0.262 e. The van der Waals surface area contributed by atoms with Gasteiger partial charge in [-0.15, -0.1) is 0 Å². The second-order valence-corrected chi connectivity index (χ2v) is 6.60. The Morgan fingerprint density at radius 2 is 2.04 bits per heavy atom. The van der Waals surface area contributed by atoms with Gasteiger partial charge >= 0.3 is 0 Å². The van der Waals surface area contributed by atoms with E-state index in [9.17, 15) is 10.1 Å². The van der Waals surface area contributed by atoms with Gasteiger partial charge in [0, 0.05) is 0 Å². The molecule has 0 radical (unpaired) electrons. The van der Waals surface area contributed by atoms with Crippen molar-refractivity contribution in [2.75, 3.05) is 13.7 Å². The summed E-state index contributed by atoms with van der Waals surface area (Å²) in [6.07, 6.45) is 1.53. The molecule has 0 saturated carbocycles. The van der Waals surface area contributed by atoms with Crippen LogP contribution in [0.3, 0.4) is 0 Å². The van der Waals surface area contributed by atoms with Crippen LogP contribution in [0.1, 0.15) is 31.0 Å². The Labute approximate surface area is 167 Å². The molecule has 2 rings (SSSR count). The average Bonchev–Trinajstić information content (AvgIpc) is 2.66. The largest absolute Gasteiger partial charge is 0.492 e. The Balaban J connectivity index is 2.27. The molecule has 0 aliphatic carbocycles. The molecule has 0 spiro atoms. The number of nitrogens with one attached hydrogen (secondary N) is 1. The third-order valence-corrected chi connectivity index (χ3v) is 4.45. The van der Waals surface area contributed by atoms with Gasteiger partial charge in [0.25, 0.3) is 5.91 Å². The van der Waals surface area contributed by atoms with E-state index in [0.717, 1.165) is 5.56 Å². The maximum atomic E-state index is 12.5. The second kappa shape index (κ2) is 9.79. The number of amides is 1. The standard InChI is InChI=1S/C21H21BrN2O3/c1-4-27-19-12-15(11-18(22)20(19)26-3)10-17(13-23)21(25)24-14(2)16-8-6-5-7-9-16/h5-12,14H,4H2,1-3H3,(H,24,25)/b17-10-/t14-/m1/s1. The van der Waals surface area contributed by atoms with E-state index in [0.29, 0.717) is 28.1 Å². The van der Waals surface area contributed by atoms with Crippen molar-refractivity contribution in [2.45, 2.75) is 19.9 Å². The zero-order chi connectivity index (χ0) is 19.8. The number of methoxy groups -OCH3 is 1. The molecule has 0 aliphatic rings. The lowest BCUT2D eigenvalue weighted by Gasteiger charge is -2.14. The van der Waals surface area contributed by atoms with Gasteiger partial charge in [-0.1, -0.05) is 30.3 Å². The number of hydrogen-bond donors (Lipinski definition) is 1. The average molecular weight is 429 g/mol. The Kier molecular flexibility index (Phi) is 7.44. The summed E-state index contributed by atoms with van der Waals surface area (Å²) in [6, 6.07) is 14.8. The molecule has 6 heteroatoms. The van der Waals surface area contributed by atoms with E-state index in [1.807, 2.05) is 50.2 Å². The summed E-state index contributed by atoms with van der Waals surface area (Å²) in [6.45, 7) is 4.21. The van der Waals surface area contributed by atoms with Crippen molar-refractivity contribution in [2.24, 2.45) is 0 Å². The third kappa shape index (κ3) is 5.35. The fraction of sp³-hybridized carbons (Fsp3) is 0.238. The Bertz CT molecular complexity index is 873. The number of halogens is 1. The van der Waals surface area contributed by atoms with E-state index in [1.54, 1.807) is 19.2 Å². The highest BCUT2D eigenvalue weighted by molar-refractivity contribution is 9.10. The molecule has 27 heavy (non-hydrogen) atoms. The molecule has 0 heterocycles. The van der Waals surface area contributed by atoms with Crippen molar-refractivity contribution in [3.05, 3.63) is 63.6 Å². The molecule has 0 aliphatic heterocycles. The van der Waals surface area contributed by atoms with E-state index in [4.69, 9.17) is 9.47 Å². The number of carbonyl (C=O) groups is 1. The Hall–Kier alpha value is -2.78. The topological polar surface area (TPSA) is 71.3 Å². The summed E-state index contributed by atoms with van der Waals surface area (Å²) in [4.78, 5) is 12.5. The molecule has 140 valence electrons. The summed E-state index contributed by atoms with van der Waals surface area (Å²) in [7, 11) is 1.55. The van der Waals surface area contributed by atoms with Gasteiger partial charge < -0.3 is 14.8 Å². The molecule has 0 saturated heterocycles. The van der Waals surface area contributed by atoms with E-state index in [1.165, 1.54) is 6.08 Å². The highest BCUT2D eigenvalue weighted by atomic mass is 79.9. The number of carbonyl (C=O) groups excluding carboxylic acids is 1. The fourth-order valence-electron chi connectivity index (χ4n) is 2.55. The van der Waals surface area contributed by atoms with E-state index in [2.05, 4.69) is 21.2 Å². The van der Waals surface area contributed by atoms with Gasteiger partial charge in [-0.2, -0.15) is 5.26 Å². The molecule has 5 nitrogen and oxygen atoms in total. The van der Waals surface area contributed by atoms with Gasteiger partial charge in [0.15, 0.2) is 11.5 Å². The number of rotatable bonds is 7. The summed E-state index contributed by atoms with van der Waals surface area (Å²) >= 11 is 3.43. The van der Waals surface area contributed by atoms with Crippen molar-refractivity contribution >= 4 is 27.9 Å². The van der Waals surface area contributed by atoms with Gasteiger partial charge in [-0.05, 0) is 59.1 Å². The maximum absolute atomic E-state index is 12.5. The van der Waals surface area contributed by atoms with E-state index in [-0.39, 0.29) is 11.6 Å². The minimum Gasteiger partial charge on any atom is -0.492 e. The SMILES string of the molecule is CCOc1cc(/C=C(/C#N)C(=O)N[C@H](C)c2ccccc2)cc(Br)c1OC. The molecule has 0 bridgehead atoms. The first-order chi connectivity index (χ1) is 13.0. The van der Waals surface area contributed by atoms with Crippen molar-refractivity contribution in [3.63, 3.8) is 0 Å². The zero-order valence-electron chi connectivity index (χ0n) is 15.5. The van der Waals surface area contributed by atoms with Gasteiger partial charge in [-0.25, -0.2) is 0 Å².